The van der Waals surface area contributed by atoms with Gasteiger partial charge in [0.05, 0.1) is 39.9 Å². The highest BCUT2D eigenvalue weighted by molar-refractivity contribution is 6.30. The molecule has 3 heterocycles. The number of carbonyl (C=O) groups excluding carboxylic acids is 1. The number of hydrogen-bond donors (Lipinski definition) is 1. The molecular weight excluding hydrogens is 545 g/mol. The molecule has 1 aromatic carbocycles. The Balaban J connectivity index is 1.32. The molecule has 0 spiro atoms. The Morgan fingerprint density at radius 1 is 1.27 bits per heavy atom. The number of esters is 1. The maximum absolute atomic E-state index is 15.0. The van der Waals surface area contributed by atoms with E-state index in [-0.39, 0.29) is 23.7 Å². The predicted molar refractivity (Wildman–Crippen MR) is 150 cm³/mol. The van der Waals surface area contributed by atoms with Crippen molar-refractivity contribution in [3.63, 3.8) is 0 Å². The SMILES string of the molecule is CC(C)(C#N)c1ccc(CCC2(C3CCCC3)CC(O)=C(C3(c4nc5ncc(Cl)cn5n4)CCC3)C(=O)O2)cc1F. The molecule has 6 rings (SSSR count). The zero-order chi connectivity index (χ0) is 29.0. The number of ether oxygens (including phenoxy) is 1. The maximum Gasteiger partial charge on any atom is 0.339 e. The van der Waals surface area contributed by atoms with Gasteiger partial charge in [-0.25, -0.2) is 18.7 Å². The van der Waals surface area contributed by atoms with Gasteiger partial charge in [0.2, 0.25) is 0 Å². The van der Waals surface area contributed by atoms with E-state index in [9.17, 15) is 19.6 Å². The third kappa shape index (κ3) is 4.66. The number of aliphatic hydroxyl groups excluding tert-OH is 1. The van der Waals surface area contributed by atoms with Crippen molar-refractivity contribution in [1.29, 1.82) is 5.26 Å². The Bertz CT molecular complexity index is 1600. The van der Waals surface area contributed by atoms with Crippen LogP contribution < -0.4 is 0 Å². The molecule has 2 fully saturated rings. The fraction of sp³-hybridized carbons (Fsp3) is 0.516. The fourth-order valence-corrected chi connectivity index (χ4v) is 7.11. The zero-order valence-corrected chi connectivity index (χ0v) is 24.0. The largest absolute Gasteiger partial charge is 0.512 e. The van der Waals surface area contributed by atoms with E-state index in [0.717, 1.165) is 37.7 Å². The first-order valence-electron chi connectivity index (χ1n) is 14.3. The average Bonchev–Trinajstić information content (AvgIpc) is 3.59. The zero-order valence-electron chi connectivity index (χ0n) is 23.3. The number of benzene rings is 1. The molecule has 0 amide bonds. The molecule has 2 aromatic heterocycles. The van der Waals surface area contributed by atoms with Gasteiger partial charge in [0.25, 0.3) is 5.78 Å². The van der Waals surface area contributed by atoms with E-state index in [2.05, 4.69) is 21.1 Å². The Labute approximate surface area is 243 Å². The lowest BCUT2D eigenvalue weighted by Gasteiger charge is -2.47. The number of aliphatic hydroxyl groups is 1. The van der Waals surface area contributed by atoms with Crippen molar-refractivity contribution in [1.82, 2.24) is 19.6 Å². The molecule has 0 radical (unpaired) electrons. The van der Waals surface area contributed by atoms with Gasteiger partial charge in [-0.15, -0.1) is 5.10 Å². The van der Waals surface area contributed by atoms with Crippen LogP contribution in [-0.4, -0.2) is 36.3 Å². The van der Waals surface area contributed by atoms with Gasteiger partial charge in [0, 0.05) is 12.0 Å². The highest BCUT2D eigenvalue weighted by atomic mass is 35.5. The van der Waals surface area contributed by atoms with Gasteiger partial charge in [0.1, 0.15) is 17.2 Å². The number of hydrogen-bond acceptors (Lipinski definition) is 7. The van der Waals surface area contributed by atoms with E-state index in [1.54, 1.807) is 26.1 Å². The van der Waals surface area contributed by atoms with Crippen LogP contribution in [0.1, 0.15) is 88.6 Å². The molecule has 0 bridgehead atoms. The van der Waals surface area contributed by atoms with E-state index in [1.165, 1.54) is 16.8 Å². The second-order valence-electron chi connectivity index (χ2n) is 12.4. The van der Waals surface area contributed by atoms with E-state index in [4.69, 9.17) is 16.3 Å². The summed E-state index contributed by atoms with van der Waals surface area (Å²) >= 11 is 6.09. The molecule has 8 nitrogen and oxygen atoms in total. The highest BCUT2D eigenvalue weighted by Gasteiger charge is 2.56. The molecule has 0 saturated heterocycles. The maximum atomic E-state index is 15.0. The molecule has 2 saturated carbocycles. The molecule has 3 aromatic rings. The minimum atomic E-state index is -0.935. The molecule has 1 aliphatic heterocycles. The molecular formula is C31H33ClFN5O3. The van der Waals surface area contributed by atoms with E-state index in [1.807, 2.05) is 6.07 Å². The van der Waals surface area contributed by atoms with Crippen LogP contribution in [0.5, 0.6) is 0 Å². The fourth-order valence-electron chi connectivity index (χ4n) is 6.97. The van der Waals surface area contributed by atoms with Crippen molar-refractivity contribution in [2.24, 2.45) is 5.92 Å². The summed E-state index contributed by atoms with van der Waals surface area (Å²) in [7, 11) is 0. The average molecular weight is 578 g/mol. The number of halogens is 2. The molecule has 214 valence electrons. The Kier molecular flexibility index (Phi) is 6.80. The van der Waals surface area contributed by atoms with E-state index < -0.39 is 28.2 Å². The lowest BCUT2D eigenvalue weighted by molar-refractivity contribution is -0.169. The van der Waals surface area contributed by atoms with Crippen LogP contribution in [0.15, 0.2) is 41.9 Å². The van der Waals surface area contributed by atoms with Gasteiger partial charge in [-0.1, -0.05) is 43.0 Å². The summed E-state index contributed by atoms with van der Waals surface area (Å²) in [6.07, 6.45) is 10.3. The predicted octanol–water partition coefficient (Wildman–Crippen LogP) is 6.46. The van der Waals surface area contributed by atoms with Crippen LogP contribution in [0.3, 0.4) is 0 Å². The summed E-state index contributed by atoms with van der Waals surface area (Å²) in [5.74, 6) is 0.00136. The summed E-state index contributed by atoms with van der Waals surface area (Å²) in [5, 5.41) is 26.0. The van der Waals surface area contributed by atoms with Gasteiger partial charge in [-0.05, 0) is 69.9 Å². The molecule has 2 aliphatic carbocycles. The summed E-state index contributed by atoms with van der Waals surface area (Å²) in [5.41, 5.74) is -1.29. The number of carbonyl (C=O) groups is 1. The van der Waals surface area contributed by atoms with Crippen LogP contribution in [0.25, 0.3) is 5.78 Å². The van der Waals surface area contributed by atoms with Crippen molar-refractivity contribution in [3.05, 3.63) is 69.7 Å². The first-order chi connectivity index (χ1) is 19.6. The Morgan fingerprint density at radius 3 is 2.66 bits per heavy atom. The van der Waals surface area contributed by atoms with Crippen molar-refractivity contribution in [2.75, 3.05) is 0 Å². The van der Waals surface area contributed by atoms with E-state index >= 15 is 0 Å². The molecule has 3 aliphatic rings. The number of cyclic esters (lactones) is 1. The van der Waals surface area contributed by atoms with Crippen LogP contribution in [0.2, 0.25) is 5.02 Å². The summed E-state index contributed by atoms with van der Waals surface area (Å²) in [6.45, 7) is 3.38. The van der Waals surface area contributed by atoms with Gasteiger partial charge in [-0.2, -0.15) is 10.2 Å². The minimum Gasteiger partial charge on any atom is -0.512 e. The summed E-state index contributed by atoms with van der Waals surface area (Å²) < 4.78 is 22.9. The number of nitrogens with zero attached hydrogens (tertiary/aromatic N) is 5. The lowest BCUT2D eigenvalue weighted by Crippen LogP contribution is -2.51. The third-order valence-corrected chi connectivity index (χ3v) is 9.65. The van der Waals surface area contributed by atoms with Crippen LogP contribution >= 0.6 is 11.6 Å². The number of fused-ring (bicyclic) bond motifs is 1. The smallest absolute Gasteiger partial charge is 0.339 e. The Hall–Kier alpha value is -3.51. The van der Waals surface area contributed by atoms with Crippen LogP contribution in [-0.2, 0) is 26.8 Å². The minimum absolute atomic E-state index is 0.0370. The van der Waals surface area contributed by atoms with E-state index in [0.29, 0.717) is 47.9 Å². The monoisotopic (exact) mass is 577 g/mol. The second-order valence-corrected chi connectivity index (χ2v) is 12.8. The van der Waals surface area contributed by atoms with Gasteiger partial charge in [-0.3, -0.25) is 0 Å². The summed E-state index contributed by atoms with van der Waals surface area (Å²) in [4.78, 5) is 22.7. The topological polar surface area (TPSA) is 113 Å². The molecule has 41 heavy (non-hydrogen) atoms. The molecule has 10 heteroatoms. The van der Waals surface area contributed by atoms with Crippen LogP contribution in [0, 0.1) is 23.1 Å². The van der Waals surface area contributed by atoms with Crippen molar-refractivity contribution in [2.45, 2.75) is 94.5 Å². The third-order valence-electron chi connectivity index (χ3n) is 9.45. The first kappa shape index (κ1) is 27.6. The Morgan fingerprint density at radius 2 is 2.02 bits per heavy atom. The first-order valence-corrected chi connectivity index (χ1v) is 14.7. The van der Waals surface area contributed by atoms with Gasteiger partial charge >= 0.3 is 5.97 Å². The lowest BCUT2D eigenvalue weighted by atomic mass is 9.61. The number of aryl methyl sites for hydroxylation is 1. The summed E-state index contributed by atoms with van der Waals surface area (Å²) in [6, 6.07) is 7.13. The van der Waals surface area contributed by atoms with Crippen molar-refractivity contribution < 1.29 is 19.0 Å². The van der Waals surface area contributed by atoms with Gasteiger partial charge in [0.15, 0.2) is 5.82 Å². The molecule has 1 unspecified atom stereocenters. The number of aromatic nitrogens is 4. The molecule has 1 atom stereocenters. The van der Waals surface area contributed by atoms with Gasteiger partial charge < -0.3 is 9.84 Å². The van der Waals surface area contributed by atoms with Crippen molar-refractivity contribution in [3.8, 4) is 6.07 Å². The normalized spacial score (nSPS) is 23.0. The van der Waals surface area contributed by atoms with Crippen molar-refractivity contribution >= 4 is 23.3 Å². The highest BCUT2D eigenvalue weighted by Crippen LogP contribution is 2.54. The number of nitriles is 1. The van der Waals surface area contributed by atoms with Crippen LogP contribution in [0.4, 0.5) is 4.39 Å². The number of rotatable bonds is 7. The quantitative estimate of drug-likeness (QED) is 0.320. The standard InChI is InChI=1S/C31H33ClFN5O3/c1-29(2,18-34)22-9-8-19(14-23(22)33)10-13-31(20-6-3-4-7-20)15-24(39)25(26(40)41-31)30(11-5-12-30)27-36-28-35-16-21(32)17-38(28)37-27/h8-9,14,16-17,20,39H,3-7,10-13,15H2,1-2H3. The second kappa shape index (κ2) is 10.1. The molecule has 1 N–H and O–H groups in total.